The van der Waals surface area contributed by atoms with Crippen molar-refractivity contribution in [3.05, 3.63) is 103 Å². The van der Waals surface area contributed by atoms with Crippen LogP contribution in [0.4, 0.5) is 17.1 Å². The van der Waals surface area contributed by atoms with Crippen LogP contribution in [-0.4, -0.2) is 24.7 Å². The second kappa shape index (κ2) is 8.07. The third kappa shape index (κ3) is 3.89. The molecular formula is C21H13N5O6. The van der Waals surface area contributed by atoms with Gasteiger partial charge in [-0.25, -0.2) is 4.98 Å². The molecule has 3 aromatic carbocycles. The summed E-state index contributed by atoms with van der Waals surface area (Å²) in [5.41, 5.74) is 1.55. The van der Waals surface area contributed by atoms with E-state index in [1.54, 1.807) is 18.2 Å². The first-order valence-corrected chi connectivity index (χ1v) is 9.18. The minimum Gasteiger partial charge on any atom is -0.337 e. The molecule has 0 unspecified atom stereocenters. The Morgan fingerprint density at radius 1 is 0.625 bits per heavy atom. The lowest BCUT2D eigenvalue weighted by Gasteiger charge is -2.03. The van der Waals surface area contributed by atoms with Crippen molar-refractivity contribution in [1.82, 2.24) is 9.97 Å². The molecular weight excluding hydrogens is 418 g/mol. The SMILES string of the molecule is O=[N+]([O-])c1cccc(-c2nc(-c3cccc([N+](=O)[O-])c3)c(-c3cccc([N+](=O)[O-])c3)[nH]2)c1. The van der Waals surface area contributed by atoms with E-state index in [2.05, 4.69) is 9.97 Å². The van der Waals surface area contributed by atoms with Gasteiger partial charge in [0.1, 0.15) is 5.82 Å². The van der Waals surface area contributed by atoms with E-state index in [1.165, 1.54) is 54.6 Å². The van der Waals surface area contributed by atoms with Crippen LogP contribution in [0.15, 0.2) is 72.8 Å². The number of aromatic nitrogens is 2. The topological polar surface area (TPSA) is 158 Å². The van der Waals surface area contributed by atoms with Crippen molar-refractivity contribution < 1.29 is 14.8 Å². The van der Waals surface area contributed by atoms with Crippen LogP contribution < -0.4 is 0 Å². The number of nitro groups is 3. The number of hydrogen-bond acceptors (Lipinski definition) is 7. The first-order valence-electron chi connectivity index (χ1n) is 9.18. The summed E-state index contributed by atoms with van der Waals surface area (Å²) in [7, 11) is 0. The van der Waals surface area contributed by atoms with Crippen LogP contribution in [0.25, 0.3) is 33.9 Å². The van der Waals surface area contributed by atoms with Crippen molar-refractivity contribution in [3.8, 4) is 33.9 Å². The fourth-order valence-corrected chi connectivity index (χ4v) is 3.24. The standard InChI is InChI=1S/C21H13N5O6/c27-24(28)16-7-1-4-13(10-16)19-20(14-5-2-8-17(11-14)25(29)30)23-21(22-19)15-6-3-9-18(12-15)26(31)32/h1-12H,(H,22,23). The summed E-state index contributed by atoms with van der Waals surface area (Å²) >= 11 is 0. The van der Waals surface area contributed by atoms with Gasteiger partial charge in [0, 0.05) is 53.1 Å². The molecule has 0 aliphatic heterocycles. The number of imidazole rings is 1. The summed E-state index contributed by atoms with van der Waals surface area (Å²) < 4.78 is 0. The summed E-state index contributed by atoms with van der Waals surface area (Å²) in [5.74, 6) is 0.275. The van der Waals surface area contributed by atoms with Gasteiger partial charge in [0.2, 0.25) is 0 Å². The zero-order valence-corrected chi connectivity index (χ0v) is 16.2. The van der Waals surface area contributed by atoms with E-state index in [0.29, 0.717) is 28.1 Å². The Labute approximate surface area is 179 Å². The fraction of sp³-hybridized carbons (Fsp3) is 0. The highest BCUT2D eigenvalue weighted by molar-refractivity contribution is 5.82. The fourth-order valence-electron chi connectivity index (χ4n) is 3.24. The average Bonchev–Trinajstić information content (AvgIpc) is 3.25. The van der Waals surface area contributed by atoms with Gasteiger partial charge < -0.3 is 4.98 Å². The zero-order chi connectivity index (χ0) is 22.8. The predicted octanol–water partition coefficient (Wildman–Crippen LogP) is 5.14. The third-order valence-electron chi connectivity index (χ3n) is 4.71. The molecule has 11 nitrogen and oxygen atoms in total. The van der Waals surface area contributed by atoms with Gasteiger partial charge in [0.15, 0.2) is 0 Å². The molecule has 0 bridgehead atoms. The lowest BCUT2D eigenvalue weighted by Crippen LogP contribution is -1.91. The van der Waals surface area contributed by atoms with E-state index in [-0.39, 0.29) is 22.9 Å². The molecule has 0 atom stereocenters. The first-order chi connectivity index (χ1) is 15.3. The Hall–Kier alpha value is -4.93. The maximum atomic E-state index is 11.2. The lowest BCUT2D eigenvalue weighted by molar-refractivity contribution is -0.385. The molecule has 1 N–H and O–H groups in total. The van der Waals surface area contributed by atoms with Gasteiger partial charge in [-0.2, -0.15) is 0 Å². The molecule has 0 saturated heterocycles. The van der Waals surface area contributed by atoms with Gasteiger partial charge in [-0.05, 0) is 0 Å². The third-order valence-corrected chi connectivity index (χ3v) is 4.71. The van der Waals surface area contributed by atoms with Gasteiger partial charge >= 0.3 is 0 Å². The molecule has 11 heteroatoms. The number of rotatable bonds is 6. The summed E-state index contributed by atoms with van der Waals surface area (Å²) in [6.45, 7) is 0. The summed E-state index contributed by atoms with van der Waals surface area (Å²) in [6.07, 6.45) is 0. The van der Waals surface area contributed by atoms with Crippen molar-refractivity contribution in [1.29, 1.82) is 0 Å². The maximum absolute atomic E-state index is 11.2. The highest BCUT2D eigenvalue weighted by Gasteiger charge is 2.20. The van der Waals surface area contributed by atoms with Crippen LogP contribution >= 0.6 is 0 Å². The predicted molar refractivity (Wildman–Crippen MR) is 115 cm³/mol. The molecule has 0 amide bonds. The molecule has 0 saturated carbocycles. The van der Waals surface area contributed by atoms with E-state index in [0.717, 1.165) is 0 Å². The van der Waals surface area contributed by atoms with Gasteiger partial charge in [-0.15, -0.1) is 0 Å². The second-order valence-corrected chi connectivity index (χ2v) is 6.73. The highest BCUT2D eigenvalue weighted by atomic mass is 16.6. The molecule has 32 heavy (non-hydrogen) atoms. The summed E-state index contributed by atoms with van der Waals surface area (Å²) in [5, 5.41) is 33.6. The van der Waals surface area contributed by atoms with Gasteiger partial charge in [-0.3, -0.25) is 30.3 Å². The maximum Gasteiger partial charge on any atom is 0.270 e. The highest BCUT2D eigenvalue weighted by Crippen LogP contribution is 2.36. The Morgan fingerprint density at radius 2 is 1.06 bits per heavy atom. The lowest BCUT2D eigenvalue weighted by atomic mass is 10.0. The van der Waals surface area contributed by atoms with Crippen LogP contribution in [0.5, 0.6) is 0 Å². The van der Waals surface area contributed by atoms with Crippen molar-refractivity contribution in [2.24, 2.45) is 0 Å². The molecule has 0 radical (unpaired) electrons. The van der Waals surface area contributed by atoms with Crippen LogP contribution in [0.3, 0.4) is 0 Å². The monoisotopic (exact) mass is 431 g/mol. The van der Waals surface area contributed by atoms with Gasteiger partial charge in [0.25, 0.3) is 17.1 Å². The number of nitro benzene ring substituents is 3. The number of nitrogens with zero attached hydrogens (tertiary/aromatic N) is 4. The smallest absolute Gasteiger partial charge is 0.270 e. The van der Waals surface area contributed by atoms with E-state index in [4.69, 9.17) is 0 Å². The number of aromatic amines is 1. The van der Waals surface area contributed by atoms with Crippen molar-refractivity contribution >= 4 is 17.1 Å². The first kappa shape index (κ1) is 20.3. The van der Waals surface area contributed by atoms with Crippen LogP contribution in [-0.2, 0) is 0 Å². The molecule has 4 rings (SSSR count). The van der Waals surface area contributed by atoms with E-state index in [1.807, 2.05) is 0 Å². The molecule has 4 aromatic rings. The van der Waals surface area contributed by atoms with Crippen molar-refractivity contribution in [2.45, 2.75) is 0 Å². The Kier molecular flexibility index (Phi) is 5.13. The van der Waals surface area contributed by atoms with Gasteiger partial charge in [0.05, 0.1) is 26.2 Å². The average molecular weight is 431 g/mol. The van der Waals surface area contributed by atoms with Crippen molar-refractivity contribution in [2.75, 3.05) is 0 Å². The van der Waals surface area contributed by atoms with E-state index >= 15 is 0 Å². The normalized spacial score (nSPS) is 10.6. The summed E-state index contributed by atoms with van der Waals surface area (Å²) in [4.78, 5) is 39.6. The van der Waals surface area contributed by atoms with E-state index in [9.17, 15) is 30.3 Å². The van der Waals surface area contributed by atoms with Crippen LogP contribution in [0, 0.1) is 30.3 Å². The number of non-ortho nitro benzene ring substituents is 3. The number of H-pyrrole nitrogens is 1. The molecule has 1 aromatic heterocycles. The second-order valence-electron chi connectivity index (χ2n) is 6.73. The molecule has 0 aliphatic rings. The van der Waals surface area contributed by atoms with Crippen LogP contribution in [0.1, 0.15) is 0 Å². The summed E-state index contributed by atoms with van der Waals surface area (Å²) in [6, 6.07) is 17.5. The molecule has 0 aliphatic carbocycles. The Morgan fingerprint density at radius 3 is 1.59 bits per heavy atom. The van der Waals surface area contributed by atoms with Crippen molar-refractivity contribution in [3.63, 3.8) is 0 Å². The molecule has 0 spiro atoms. The molecule has 0 fully saturated rings. The minimum absolute atomic E-state index is 0.132. The molecule has 1 heterocycles. The largest absolute Gasteiger partial charge is 0.337 e. The number of hydrogen-bond donors (Lipinski definition) is 1. The Bertz CT molecular complexity index is 1310. The van der Waals surface area contributed by atoms with Gasteiger partial charge in [-0.1, -0.05) is 36.4 Å². The zero-order valence-electron chi connectivity index (χ0n) is 16.2. The number of nitrogens with one attached hydrogen (secondary N) is 1. The number of benzene rings is 3. The minimum atomic E-state index is -0.537. The van der Waals surface area contributed by atoms with Crippen LogP contribution in [0.2, 0.25) is 0 Å². The Balaban J connectivity index is 1.93. The van der Waals surface area contributed by atoms with E-state index < -0.39 is 14.8 Å². The molecule has 158 valence electrons. The quantitative estimate of drug-likeness (QED) is 0.327.